The number of nitrogens with two attached hydrogens (primary N) is 1. The first-order valence-corrected chi connectivity index (χ1v) is 7.57. The third-order valence-corrected chi connectivity index (χ3v) is 4.43. The van der Waals surface area contributed by atoms with E-state index in [2.05, 4.69) is 4.98 Å². The lowest BCUT2D eigenvalue weighted by Gasteiger charge is -2.03. The van der Waals surface area contributed by atoms with Crippen LogP contribution in [0.4, 0.5) is 0 Å². The molecule has 0 bridgehead atoms. The normalized spacial score (nSPS) is 10.9. The number of carbonyl (C=O) groups excluding carboxylic acids is 1. The lowest BCUT2D eigenvalue weighted by molar-refractivity contribution is 0.0531. The van der Waals surface area contributed by atoms with Crippen LogP contribution in [0, 0.1) is 6.92 Å². The van der Waals surface area contributed by atoms with Gasteiger partial charge in [-0.15, -0.1) is 11.3 Å². The van der Waals surface area contributed by atoms with Gasteiger partial charge in [-0.1, -0.05) is 11.8 Å². The highest BCUT2D eigenvalue weighted by molar-refractivity contribution is 7.98. The number of aryl methyl sites for hydroxylation is 1. The van der Waals surface area contributed by atoms with Crippen LogP contribution < -0.4 is 11.4 Å². The highest BCUT2D eigenvalue weighted by atomic mass is 32.2. The van der Waals surface area contributed by atoms with Crippen molar-refractivity contribution in [2.24, 2.45) is 0 Å². The van der Waals surface area contributed by atoms with E-state index in [0.29, 0.717) is 25.8 Å². The van der Waals surface area contributed by atoms with Crippen LogP contribution in [0.3, 0.4) is 0 Å². The standard InChI is InChI=1S/C11H13N3O3S2/c1-4-17-10(16)7-5(2)6-8(19-7)13-11(18-3)14(12)9(6)15/h4,12H2,1-3H3. The van der Waals surface area contributed by atoms with Gasteiger partial charge < -0.3 is 10.6 Å². The molecule has 0 fully saturated rings. The first kappa shape index (κ1) is 13.9. The van der Waals surface area contributed by atoms with Gasteiger partial charge in [0.25, 0.3) is 5.56 Å². The Hall–Kier alpha value is -1.54. The molecule has 19 heavy (non-hydrogen) atoms. The Balaban J connectivity index is 2.74. The summed E-state index contributed by atoms with van der Waals surface area (Å²) in [5.74, 6) is 5.25. The van der Waals surface area contributed by atoms with Crippen molar-refractivity contribution in [2.75, 3.05) is 18.7 Å². The highest BCUT2D eigenvalue weighted by Gasteiger charge is 2.21. The summed E-state index contributed by atoms with van der Waals surface area (Å²) in [5.41, 5.74) is 0.224. The first-order valence-electron chi connectivity index (χ1n) is 5.53. The average Bonchev–Trinajstić information content (AvgIpc) is 2.71. The number of nitrogens with zero attached hydrogens (tertiary/aromatic N) is 2. The minimum atomic E-state index is -0.434. The summed E-state index contributed by atoms with van der Waals surface area (Å²) in [6.07, 6.45) is 1.78. The van der Waals surface area contributed by atoms with Gasteiger partial charge in [-0.3, -0.25) is 4.79 Å². The third kappa shape index (κ3) is 2.21. The second kappa shape index (κ2) is 5.22. The Morgan fingerprint density at radius 3 is 2.84 bits per heavy atom. The molecule has 0 aromatic carbocycles. The van der Waals surface area contributed by atoms with Crippen LogP contribution in [-0.2, 0) is 4.74 Å². The predicted octanol–water partition coefficient (Wildman–Crippen LogP) is 1.38. The van der Waals surface area contributed by atoms with Crippen LogP contribution in [0.2, 0.25) is 0 Å². The molecular formula is C11H13N3O3S2. The van der Waals surface area contributed by atoms with E-state index >= 15 is 0 Å². The number of hydrogen-bond donors (Lipinski definition) is 1. The lowest BCUT2D eigenvalue weighted by atomic mass is 10.2. The molecule has 6 nitrogen and oxygen atoms in total. The zero-order valence-electron chi connectivity index (χ0n) is 10.7. The maximum absolute atomic E-state index is 12.2. The van der Waals surface area contributed by atoms with Crippen LogP contribution in [0.1, 0.15) is 22.2 Å². The number of rotatable bonds is 3. The number of esters is 1. The maximum Gasteiger partial charge on any atom is 0.348 e. The zero-order valence-corrected chi connectivity index (χ0v) is 12.4. The van der Waals surface area contributed by atoms with Gasteiger partial charge in [-0.25, -0.2) is 14.5 Å². The SMILES string of the molecule is CCOC(=O)c1sc2nc(SC)n(N)c(=O)c2c1C. The maximum atomic E-state index is 12.2. The molecule has 0 aliphatic rings. The molecule has 0 atom stereocenters. The van der Waals surface area contributed by atoms with E-state index in [1.54, 1.807) is 20.1 Å². The molecule has 2 rings (SSSR count). The zero-order chi connectivity index (χ0) is 14.2. The van der Waals surface area contributed by atoms with Crippen molar-refractivity contribution in [1.29, 1.82) is 0 Å². The Labute approximate surface area is 117 Å². The van der Waals surface area contributed by atoms with Gasteiger partial charge in [0.05, 0.1) is 12.0 Å². The Morgan fingerprint density at radius 2 is 2.26 bits per heavy atom. The van der Waals surface area contributed by atoms with Crippen LogP contribution in [0.25, 0.3) is 10.2 Å². The summed E-state index contributed by atoms with van der Waals surface area (Å²) >= 11 is 2.43. The van der Waals surface area contributed by atoms with Crippen LogP contribution in [0.5, 0.6) is 0 Å². The fourth-order valence-electron chi connectivity index (χ4n) is 1.71. The fourth-order valence-corrected chi connectivity index (χ4v) is 3.30. The fraction of sp³-hybridized carbons (Fsp3) is 0.364. The van der Waals surface area contributed by atoms with Crippen LogP contribution in [0.15, 0.2) is 9.95 Å². The summed E-state index contributed by atoms with van der Waals surface area (Å²) in [6, 6.07) is 0. The van der Waals surface area contributed by atoms with Crippen molar-refractivity contribution in [3.63, 3.8) is 0 Å². The van der Waals surface area contributed by atoms with Gasteiger partial charge in [-0.05, 0) is 25.7 Å². The van der Waals surface area contributed by atoms with Gasteiger partial charge in [0.2, 0.25) is 0 Å². The molecule has 0 saturated heterocycles. The minimum Gasteiger partial charge on any atom is -0.462 e. The lowest BCUT2D eigenvalue weighted by Crippen LogP contribution is -2.29. The summed E-state index contributed by atoms with van der Waals surface area (Å²) in [6.45, 7) is 3.72. The molecule has 2 aromatic rings. The number of fused-ring (bicyclic) bond motifs is 1. The number of thioether (sulfide) groups is 1. The van der Waals surface area contributed by atoms with Gasteiger partial charge in [-0.2, -0.15) is 0 Å². The van der Waals surface area contributed by atoms with E-state index in [4.69, 9.17) is 10.6 Å². The van der Waals surface area contributed by atoms with Crippen molar-refractivity contribution >= 4 is 39.3 Å². The number of aromatic nitrogens is 2. The second-order valence-corrected chi connectivity index (χ2v) is 5.50. The number of carbonyl (C=O) groups is 1. The third-order valence-electron chi connectivity index (χ3n) is 2.61. The Morgan fingerprint density at radius 1 is 1.58 bits per heavy atom. The molecular weight excluding hydrogens is 286 g/mol. The topological polar surface area (TPSA) is 87.2 Å². The molecule has 8 heteroatoms. The van der Waals surface area contributed by atoms with E-state index < -0.39 is 5.97 Å². The summed E-state index contributed by atoms with van der Waals surface area (Å²) in [7, 11) is 0. The molecule has 0 spiro atoms. The predicted molar refractivity (Wildman–Crippen MR) is 76.5 cm³/mol. The number of thiophene rings is 1. The second-order valence-electron chi connectivity index (χ2n) is 3.73. The summed E-state index contributed by atoms with van der Waals surface area (Å²) < 4.78 is 5.97. The van der Waals surface area contributed by atoms with Gasteiger partial charge in [0, 0.05) is 0 Å². The van der Waals surface area contributed by atoms with Crippen molar-refractivity contribution in [1.82, 2.24) is 9.66 Å². The Bertz CT molecular complexity index is 705. The molecule has 2 heterocycles. The highest BCUT2D eigenvalue weighted by Crippen LogP contribution is 2.28. The van der Waals surface area contributed by atoms with E-state index in [1.807, 2.05) is 0 Å². The van der Waals surface area contributed by atoms with Crippen molar-refractivity contribution in [2.45, 2.75) is 19.0 Å². The van der Waals surface area contributed by atoms with E-state index in [1.165, 1.54) is 11.8 Å². The Kier molecular flexibility index (Phi) is 3.81. The molecule has 0 saturated carbocycles. The molecule has 0 amide bonds. The monoisotopic (exact) mass is 299 g/mol. The number of hydrogen-bond acceptors (Lipinski definition) is 7. The molecule has 2 aromatic heterocycles. The van der Waals surface area contributed by atoms with Crippen LogP contribution in [-0.4, -0.2) is 28.5 Å². The molecule has 0 aliphatic heterocycles. The van der Waals surface area contributed by atoms with Gasteiger partial charge in [0.1, 0.15) is 9.71 Å². The van der Waals surface area contributed by atoms with E-state index in [-0.39, 0.29) is 12.2 Å². The van der Waals surface area contributed by atoms with Crippen molar-refractivity contribution in [3.8, 4) is 0 Å². The largest absolute Gasteiger partial charge is 0.462 e. The minimum absolute atomic E-state index is 0.289. The average molecular weight is 299 g/mol. The summed E-state index contributed by atoms with van der Waals surface area (Å²) in [5, 5.41) is 0.794. The smallest absolute Gasteiger partial charge is 0.348 e. The molecule has 102 valence electrons. The van der Waals surface area contributed by atoms with Crippen LogP contribution >= 0.6 is 23.1 Å². The first-order chi connectivity index (χ1) is 9.01. The van der Waals surface area contributed by atoms with Crippen molar-refractivity contribution in [3.05, 3.63) is 20.8 Å². The molecule has 2 N–H and O–H groups in total. The van der Waals surface area contributed by atoms with Crippen molar-refractivity contribution < 1.29 is 9.53 Å². The quantitative estimate of drug-likeness (QED) is 0.399. The number of ether oxygens (including phenoxy) is 1. The van der Waals surface area contributed by atoms with E-state index in [0.717, 1.165) is 16.0 Å². The van der Waals surface area contributed by atoms with Gasteiger partial charge >= 0.3 is 5.97 Å². The molecule has 0 unspecified atom stereocenters. The number of nitrogen functional groups attached to an aromatic ring is 1. The van der Waals surface area contributed by atoms with Gasteiger partial charge in [0.15, 0.2) is 5.16 Å². The molecule has 0 radical (unpaired) electrons. The molecule has 0 aliphatic carbocycles. The van der Waals surface area contributed by atoms with E-state index in [9.17, 15) is 9.59 Å². The summed E-state index contributed by atoms with van der Waals surface area (Å²) in [4.78, 5) is 29.2.